The molecular weight excluding hydrogens is 313 g/mol. The third-order valence-corrected chi connectivity index (χ3v) is 5.14. The summed E-state index contributed by atoms with van der Waals surface area (Å²) in [5, 5.41) is 15.1. The minimum atomic E-state index is -0.480. The molecule has 2 aliphatic heterocycles. The Labute approximate surface area is 133 Å². The molecule has 2 saturated heterocycles. The van der Waals surface area contributed by atoms with Crippen LogP contribution in [0.5, 0.6) is 0 Å². The van der Waals surface area contributed by atoms with Gasteiger partial charge in [0.05, 0.1) is 20.7 Å². The second kappa shape index (κ2) is 5.63. The highest BCUT2D eigenvalue weighted by molar-refractivity contribution is 6.39. The fourth-order valence-corrected chi connectivity index (χ4v) is 4.26. The molecular formula is C14H17Cl2N3O2. The van der Waals surface area contributed by atoms with E-state index in [0.717, 1.165) is 12.8 Å². The minimum Gasteiger partial charge on any atom is -0.369 e. The number of nitro groups is 1. The molecule has 1 aromatic carbocycles. The predicted molar refractivity (Wildman–Crippen MR) is 84.5 cm³/mol. The number of nitrogens with zero attached hydrogens (tertiary/aromatic N) is 2. The Morgan fingerprint density at radius 1 is 1.24 bits per heavy atom. The third kappa shape index (κ3) is 2.82. The molecule has 2 unspecified atom stereocenters. The van der Waals surface area contributed by atoms with Crippen LogP contribution in [0.15, 0.2) is 12.1 Å². The Balaban J connectivity index is 1.87. The van der Waals surface area contributed by atoms with Gasteiger partial charge in [-0.05, 0) is 25.7 Å². The molecule has 114 valence electrons. The first kappa shape index (κ1) is 14.9. The van der Waals surface area contributed by atoms with Gasteiger partial charge < -0.3 is 10.2 Å². The van der Waals surface area contributed by atoms with Gasteiger partial charge in [-0.2, -0.15) is 0 Å². The van der Waals surface area contributed by atoms with Crippen molar-refractivity contribution in [1.29, 1.82) is 0 Å². The molecule has 0 radical (unpaired) electrons. The first-order chi connectivity index (χ1) is 9.95. The molecule has 7 heteroatoms. The molecule has 2 fully saturated rings. The average Bonchev–Trinajstić information content (AvgIpc) is 2.76. The van der Waals surface area contributed by atoms with Crippen LogP contribution in [-0.4, -0.2) is 30.1 Å². The molecule has 2 aliphatic rings. The number of hydrogen-bond donors (Lipinski definition) is 1. The zero-order valence-corrected chi connectivity index (χ0v) is 13.2. The fourth-order valence-electron chi connectivity index (χ4n) is 3.52. The standard InChI is InChI=1S/C14H17Cl2N3O2/c1-18(10-4-8-2-3-9(5-10)17-8)14-12(15)6-11(19(20)21)7-13(14)16/h6-10,17H,2-5H2,1H3. The molecule has 3 rings (SSSR count). The second-order valence-corrected chi connectivity index (χ2v) is 6.70. The SMILES string of the molecule is CN(c1c(Cl)cc([N+](=O)[O-])cc1Cl)C1CC2CCC(C1)N2. The number of fused-ring (bicyclic) bond motifs is 2. The molecule has 21 heavy (non-hydrogen) atoms. The Bertz CT molecular complexity index is 546. The number of nitrogens with one attached hydrogen (secondary N) is 1. The van der Waals surface area contributed by atoms with E-state index in [9.17, 15) is 10.1 Å². The van der Waals surface area contributed by atoms with Crippen molar-refractivity contribution in [3.05, 3.63) is 32.3 Å². The Morgan fingerprint density at radius 3 is 2.24 bits per heavy atom. The zero-order valence-electron chi connectivity index (χ0n) is 11.7. The van der Waals surface area contributed by atoms with Crippen molar-refractivity contribution in [2.45, 2.75) is 43.8 Å². The summed E-state index contributed by atoms with van der Waals surface area (Å²) in [5.41, 5.74) is 0.614. The lowest BCUT2D eigenvalue weighted by molar-refractivity contribution is -0.384. The third-order valence-electron chi connectivity index (χ3n) is 4.56. The fraction of sp³-hybridized carbons (Fsp3) is 0.571. The number of rotatable bonds is 3. The van der Waals surface area contributed by atoms with E-state index < -0.39 is 4.92 Å². The number of halogens is 2. The lowest BCUT2D eigenvalue weighted by Crippen LogP contribution is -2.47. The van der Waals surface area contributed by atoms with Crippen LogP contribution in [0.4, 0.5) is 11.4 Å². The first-order valence-corrected chi connectivity index (χ1v) is 7.83. The lowest BCUT2D eigenvalue weighted by Gasteiger charge is -2.37. The van der Waals surface area contributed by atoms with Gasteiger partial charge in [-0.1, -0.05) is 23.2 Å². The molecule has 1 aromatic rings. The van der Waals surface area contributed by atoms with E-state index in [1.807, 2.05) is 7.05 Å². The maximum absolute atomic E-state index is 10.8. The molecule has 2 atom stereocenters. The van der Waals surface area contributed by atoms with Crippen LogP contribution in [0.3, 0.4) is 0 Å². The molecule has 2 heterocycles. The van der Waals surface area contributed by atoms with Crippen LogP contribution in [0.1, 0.15) is 25.7 Å². The number of nitro benzene ring substituents is 1. The lowest BCUT2D eigenvalue weighted by atomic mass is 9.98. The van der Waals surface area contributed by atoms with Crippen molar-refractivity contribution in [2.75, 3.05) is 11.9 Å². The molecule has 0 aliphatic carbocycles. The van der Waals surface area contributed by atoms with Crippen molar-refractivity contribution < 1.29 is 4.92 Å². The summed E-state index contributed by atoms with van der Waals surface area (Å²) < 4.78 is 0. The smallest absolute Gasteiger partial charge is 0.272 e. The number of anilines is 1. The summed E-state index contributed by atoms with van der Waals surface area (Å²) in [6, 6.07) is 4.22. The molecule has 2 bridgehead atoms. The average molecular weight is 330 g/mol. The zero-order chi connectivity index (χ0) is 15.1. The summed E-state index contributed by atoms with van der Waals surface area (Å²) in [6.07, 6.45) is 4.54. The quantitative estimate of drug-likeness (QED) is 0.679. The van der Waals surface area contributed by atoms with E-state index in [1.165, 1.54) is 25.0 Å². The highest BCUT2D eigenvalue weighted by Crippen LogP contribution is 2.40. The predicted octanol–water partition coefficient (Wildman–Crippen LogP) is 3.62. The molecule has 0 saturated carbocycles. The maximum Gasteiger partial charge on any atom is 0.272 e. The van der Waals surface area contributed by atoms with Crippen LogP contribution in [0.25, 0.3) is 0 Å². The van der Waals surface area contributed by atoms with E-state index in [1.54, 1.807) is 0 Å². The van der Waals surface area contributed by atoms with E-state index >= 15 is 0 Å². The summed E-state index contributed by atoms with van der Waals surface area (Å²) >= 11 is 12.5. The number of piperidine rings is 1. The van der Waals surface area contributed by atoms with Gasteiger partial charge >= 0.3 is 0 Å². The van der Waals surface area contributed by atoms with Crippen LogP contribution in [0.2, 0.25) is 10.0 Å². The first-order valence-electron chi connectivity index (χ1n) is 7.08. The monoisotopic (exact) mass is 329 g/mol. The summed E-state index contributed by atoms with van der Waals surface area (Å²) in [5.74, 6) is 0. The summed E-state index contributed by atoms with van der Waals surface area (Å²) in [7, 11) is 1.97. The number of non-ortho nitro benzene ring substituents is 1. The Kier molecular flexibility index (Phi) is 3.99. The largest absolute Gasteiger partial charge is 0.369 e. The van der Waals surface area contributed by atoms with Crippen LogP contribution in [-0.2, 0) is 0 Å². The van der Waals surface area contributed by atoms with E-state index in [-0.39, 0.29) is 5.69 Å². The van der Waals surface area contributed by atoms with Crippen LogP contribution < -0.4 is 10.2 Å². The van der Waals surface area contributed by atoms with Gasteiger partial charge in [0.2, 0.25) is 0 Å². The van der Waals surface area contributed by atoms with Gasteiger partial charge in [0.25, 0.3) is 5.69 Å². The summed E-state index contributed by atoms with van der Waals surface area (Å²) in [6.45, 7) is 0. The van der Waals surface area contributed by atoms with Crippen molar-refractivity contribution in [1.82, 2.24) is 5.32 Å². The number of benzene rings is 1. The van der Waals surface area contributed by atoms with Gasteiger partial charge in [-0.25, -0.2) is 0 Å². The highest BCUT2D eigenvalue weighted by Gasteiger charge is 2.36. The molecule has 0 amide bonds. The highest BCUT2D eigenvalue weighted by atomic mass is 35.5. The second-order valence-electron chi connectivity index (χ2n) is 5.89. The van der Waals surface area contributed by atoms with Gasteiger partial charge in [0.15, 0.2) is 0 Å². The van der Waals surface area contributed by atoms with Crippen molar-refractivity contribution in [2.24, 2.45) is 0 Å². The normalized spacial score (nSPS) is 27.7. The van der Waals surface area contributed by atoms with Crippen LogP contribution >= 0.6 is 23.2 Å². The van der Waals surface area contributed by atoms with Crippen molar-refractivity contribution in [3.8, 4) is 0 Å². The van der Waals surface area contributed by atoms with Gasteiger partial charge in [0.1, 0.15) is 0 Å². The summed E-state index contributed by atoms with van der Waals surface area (Å²) in [4.78, 5) is 12.5. The van der Waals surface area contributed by atoms with E-state index in [4.69, 9.17) is 23.2 Å². The molecule has 1 N–H and O–H groups in total. The number of hydrogen-bond acceptors (Lipinski definition) is 4. The van der Waals surface area contributed by atoms with Crippen molar-refractivity contribution in [3.63, 3.8) is 0 Å². The van der Waals surface area contributed by atoms with Gasteiger partial charge in [0, 0.05) is 37.3 Å². The topological polar surface area (TPSA) is 58.4 Å². The van der Waals surface area contributed by atoms with Crippen molar-refractivity contribution >= 4 is 34.6 Å². The molecule has 0 spiro atoms. The van der Waals surface area contributed by atoms with E-state index in [2.05, 4.69) is 10.2 Å². The Morgan fingerprint density at radius 2 is 1.76 bits per heavy atom. The van der Waals surface area contributed by atoms with Gasteiger partial charge in [-0.3, -0.25) is 10.1 Å². The van der Waals surface area contributed by atoms with Gasteiger partial charge in [-0.15, -0.1) is 0 Å². The Hall–Kier alpha value is -1.04. The van der Waals surface area contributed by atoms with Crippen LogP contribution in [0, 0.1) is 10.1 Å². The minimum absolute atomic E-state index is 0.0764. The van der Waals surface area contributed by atoms with E-state index in [0.29, 0.717) is 33.9 Å². The molecule has 5 nitrogen and oxygen atoms in total. The molecule has 0 aromatic heterocycles. The maximum atomic E-state index is 10.8.